The van der Waals surface area contributed by atoms with Gasteiger partial charge in [0, 0.05) is 12.7 Å². The molecule has 0 fully saturated rings. The van der Waals surface area contributed by atoms with E-state index in [2.05, 4.69) is 24.2 Å². The van der Waals surface area contributed by atoms with Crippen molar-refractivity contribution in [3.05, 3.63) is 46.2 Å². The van der Waals surface area contributed by atoms with E-state index in [1.807, 2.05) is 12.1 Å². The Bertz CT molecular complexity index is 633. The average molecular weight is 273 g/mol. The molecule has 0 radical (unpaired) electrons. The van der Waals surface area contributed by atoms with Gasteiger partial charge in [0.1, 0.15) is 5.69 Å². The lowest BCUT2D eigenvalue weighted by Gasteiger charge is -2.09. The number of nitrogen functional groups attached to an aromatic ring is 1. The van der Waals surface area contributed by atoms with Crippen LogP contribution in [0.1, 0.15) is 12.5 Å². The molecule has 0 aliphatic rings. The molecule has 1 heterocycles. The van der Waals surface area contributed by atoms with Gasteiger partial charge < -0.3 is 10.5 Å². The normalized spacial score (nSPS) is 10.7. The summed E-state index contributed by atoms with van der Waals surface area (Å²) in [6, 6.07) is 9.71. The van der Waals surface area contributed by atoms with Crippen LogP contribution in [0.2, 0.25) is 0 Å². The lowest BCUT2D eigenvalue weighted by Crippen LogP contribution is -2.27. The van der Waals surface area contributed by atoms with E-state index in [4.69, 9.17) is 10.5 Å². The predicted octanol–water partition coefficient (Wildman–Crippen LogP) is 1.70. The van der Waals surface area contributed by atoms with Crippen LogP contribution in [-0.4, -0.2) is 23.5 Å². The Hall–Kier alpha value is -2.14. The van der Waals surface area contributed by atoms with Crippen LogP contribution in [0.25, 0.3) is 11.3 Å². The quantitative estimate of drug-likeness (QED) is 0.900. The summed E-state index contributed by atoms with van der Waals surface area (Å²) >= 11 is 0. The molecular formula is C15H19N3O2. The average Bonchev–Trinajstić information content (AvgIpc) is 2.48. The molecule has 5 nitrogen and oxygen atoms in total. The lowest BCUT2D eigenvalue weighted by atomic mass is 10.1. The van der Waals surface area contributed by atoms with Crippen molar-refractivity contribution in [2.24, 2.45) is 0 Å². The van der Waals surface area contributed by atoms with Crippen molar-refractivity contribution < 1.29 is 4.74 Å². The summed E-state index contributed by atoms with van der Waals surface area (Å²) < 4.78 is 6.33. The van der Waals surface area contributed by atoms with E-state index in [1.54, 1.807) is 13.2 Å². The molecule has 0 atom stereocenters. The maximum atomic E-state index is 11.9. The highest BCUT2D eigenvalue weighted by Crippen LogP contribution is 2.18. The highest BCUT2D eigenvalue weighted by molar-refractivity contribution is 5.62. The Labute approximate surface area is 118 Å². The van der Waals surface area contributed by atoms with Gasteiger partial charge in [-0.1, -0.05) is 31.2 Å². The Balaban J connectivity index is 2.40. The van der Waals surface area contributed by atoms with Gasteiger partial charge in [0.25, 0.3) is 5.56 Å². The summed E-state index contributed by atoms with van der Waals surface area (Å²) in [5.41, 5.74) is 8.59. The Kier molecular flexibility index (Phi) is 4.53. The molecule has 0 bridgehead atoms. The molecule has 1 aromatic carbocycles. The highest BCUT2D eigenvalue weighted by Gasteiger charge is 2.07. The zero-order chi connectivity index (χ0) is 14.5. The molecule has 106 valence electrons. The molecule has 0 saturated heterocycles. The summed E-state index contributed by atoms with van der Waals surface area (Å²) in [6.07, 6.45) is 0.989. The van der Waals surface area contributed by atoms with E-state index in [9.17, 15) is 4.79 Å². The first-order chi connectivity index (χ1) is 9.65. The van der Waals surface area contributed by atoms with Gasteiger partial charge in [-0.15, -0.1) is 0 Å². The number of ether oxygens (including phenoxy) is 1. The molecule has 0 aliphatic carbocycles. The Morgan fingerprint density at radius 1 is 1.30 bits per heavy atom. The molecule has 20 heavy (non-hydrogen) atoms. The molecule has 0 aliphatic heterocycles. The van der Waals surface area contributed by atoms with Gasteiger partial charge in [-0.3, -0.25) is 4.79 Å². The lowest BCUT2D eigenvalue weighted by molar-refractivity contribution is 0.182. The fraction of sp³-hybridized carbons (Fsp3) is 0.333. The van der Waals surface area contributed by atoms with Gasteiger partial charge >= 0.3 is 0 Å². The number of rotatable bonds is 5. The highest BCUT2D eigenvalue weighted by atomic mass is 16.5. The summed E-state index contributed by atoms with van der Waals surface area (Å²) in [5.74, 6) is 0. The van der Waals surface area contributed by atoms with Crippen LogP contribution < -0.4 is 11.3 Å². The van der Waals surface area contributed by atoms with Gasteiger partial charge in [-0.05, 0) is 18.1 Å². The molecule has 1 aromatic heterocycles. The van der Waals surface area contributed by atoms with Gasteiger partial charge in [0.2, 0.25) is 0 Å². The van der Waals surface area contributed by atoms with E-state index in [0.29, 0.717) is 18.8 Å². The van der Waals surface area contributed by atoms with E-state index in [-0.39, 0.29) is 11.2 Å². The van der Waals surface area contributed by atoms with Gasteiger partial charge in [-0.25, -0.2) is 4.68 Å². The molecule has 0 saturated carbocycles. The first-order valence-electron chi connectivity index (χ1n) is 6.61. The number of methoxy groups -OCH3 is 1. The second-order valence-corrected chi connectivity index (χ2v) is 4.56. The van der Waals surface area contributed by atoms with Crippen LogP contribution in [-0.2, 0) is 17.7 Å². The van der Waals surface area contributed by atoms with Crippen molar-refractivity contribution in [2.45, 2.75) is 19.9 Å². The fourth-order valence-corrected chi connectivity index (χ4v) is 1.94. The predicted molar refractivity (Wildman–Crippen MR) is 79.6 cm³/mol. The van der Waals surface area contributed by atoms with Crippen LogP contribution in [0, 0.1) is 0 Å². The van der Waals surface area contributed by atoms with Gasteiger partial charge in [0.05, 0.1) is 18.8 Å². The van der Waals surface area contributed by atoms with Crippen molar-refractivity contribution in [2.75, 3.05) is 19.5 Å². The number of nitrogens with two attached hydrogens (primary N) is 1. The third kappa shape index (κ3) is 3.05. The molecule has 2 N–H and O–H groups in total. The second kappa shape index (κ2) is 6.34. The van der Waals surface area contributed by atoms with Crippen molar-refractivity contribution in [1.82, 2.24) is 9.78 Å². The number of hydrogen-bond donors (Lipinski definition) is 1. The van der Waals surface area contributed by atoms with E-state index >= 15 is 0 Å². The zero-order valence-electron chi connectivity index (χ0n) is 11.8. The Morgan fingerprint density at radius 2 is 2.00 bits per heavy atom. The SMILES string of the molecule is CCc1ccc(-c2cc(N)c(=O)n(CCOC)n2)cc1. The first kappa shape index (κ1) is 14.3. The van der Waals surface area contributed by atoms with Gasteiger partial charge in [-0.2, -0.15) is 5.10 Å². The molecule has 2 rings (SSSR count). The summed E-state index contributed by atoms with van der Waals surface area (Å²) in [5, 5.41) is 4.34. The summed E-state index contributed by atoms with van der Waals surface area (Å²) in [4.78, 5) is 11.9. The molecule has 2 aromatic rings. The number of anilines is 1. The van der Waals surface area contributed by atoms with Crippen LogP contribution in [0.15, 0.2) is 35.1 Å². The molecule has 0 unspecified atom stereocenters. The van der Waals surface area contributed by atoms with E-state index in [0.717, 1.165) is 12.0 Å². The number of nitrogens with zero attached hydrogens (tertiary/aromatic N) is 2. The van der Waals surface area contributed by atoms with Crippen LogP contribution in [0.3, 0.4) is 0 Å². The van der Waals surface area contributed by atoms with E-state index in [1.165, 1.54) is 10.2 Å². The van der Waals surface area contributed by atoms with Gasteiger partial charge in [0.15, 0.2) is 0 Å². The zero-order valence-corrected chi connectivity index (χ0v) is 11.8. The van der Waals surface area contributed by atoms with Crippen molar-refractivity contribution in [3.63, 3.8) is 0 Å². The third-order valence-electron chi connectivity index (χ3n) is 3.17. The number of aromatic nitrogens is 2. The summed E-state index contributed by atoms with van der Waals surface area (Å²) in [6.45, 7) is 2.92. The maximum absolute atomic E-state index is 11.9. The smallest absolute Gasteiger partial charge is 0.289 e. The minimum atomic E-state index is -0.282. The number of benzene rings is 1. The van der Waals surface area contributed by atoms with Crippen LogP contribution >= 0.6 is 0 Å². The maximum Gasteiger partial charge on any atom is 0.289 e. The third-order valence-corrected chi connectivity index (χ3v) is 3.17. The molecular weight excluding hydrogens is 254 g/mol. The molecule has 5 heteroatoms. The largest absolute Gasteiger partial charge is 0.394 e. The summed E-state index contributed by atoms with van der Waals surface area (Å²) in [7, 11) is 1.59. The van der Waals surface area contributed by atoms with Crippen molar-refractivity contribution in [1.29, 1.82) is 0 Å². The number of hydrogen-bond acceptors (Lipinski definition) is 4. The number of aryl methyl sites for hydroxylation is 1. The first-order valence-corrected chi connectivity index (χ1v) is 6.61. The molecule has 0 amide bonds. The van der Waals surface area contributed by atoms with Crippen LogP contribution in [0.5, 0.6) is 0 Å². The fourth-order valence-electron chi connectivity index (χ4n) is 1.94. The minimum Gasteiger partial charge on any atom is -0.394 e. The monoisotopic (exact) mass is 273 g/mol. The second-order valence-electron chi connectivity index (χ2n) is 4.56. The van der Waals surface area contributed by atoms with Crippen molar-refractivity contribution in [3.8, 4) is 11.3 Å². The van der Waals surface area contributed by atoms with E-state index < -0.39 is 0 Å². The molecule has 0 spiro atoms. The van der Waals surface area contributed by atoms with Crippen LogP contribution in [0.4, 0.5) is 5.69 Å². The Morgan fingerprint density at radius 3 is 2.60 bits per heavy atom. The standard InChI is InChI=1S/C15H19N3O2/c1-3-11-4-6-12(7-5-11)14-10-13(16)15(19)18(17-14)8-9-20-2/h4-7,10H,3,8-9,16H2,1-2H3. The van der Waals surface area contributed by atoms with Crippen molar-refractivity contribution >= 4 is 5.69 Å². The minimum absolute atomic E-state index is 0.200. The topological polar surface area (TPSA) is 70.1 Å².